The molecular formula is C14H11FN4O2. The standard InChI is InChI=1S/C14H11FN4O2/c15-10-3-1-9(2-4-10)7-16-12-5-6-13-17-8-11(14(20)21)19(13)18-12/h1-6,8H,7H2,(H,16,18)(H,20,21). The van der Waals surface area contributed by atoms with Gasteiger partial charge in [0.2, 0.25) is 0 Å². The van der Waals surface area contributed by atoms with Crippen LogP contribution in [0.15, 0.2) is 42.6 Å². The number of carbonyl (C=O) groups is 1. The molecule has 7 heteroatoms. The Morgan fingerprint density at radius 2 is 2.00 bits per heavy atom. The van der Waals surface area contributed by atoms with E-state index in [0.717, 1.165) is 5.56 Å². The maximum atomic E-state index is 12.8. The van der Waals surface area contributed by atoms with Gasteiger partial charge in [-0.2, -0.15) is 0 Å². The second-order valence-electron chi connectivity index (χ2n) is 4.42. The van der Waals surface area contributed by atoms with E-state index in [1.54, 1.807) is 24.3 Å². The number of hydrogen-bond donors (Lipinski definition) is 2. The molecule has 106 valence electrons. The van der Waals surface area contributed by atoms with Crippen LogP contribution in [0.5, 0.6) is 0 Å². The van der Waals surface area contributed by atoms with E-state index < -0.39 is 5.97 Å². The molecule has 0 aliphatic rings. The van der Waals surface area contributed by atoms with Crippen molar-refractivity contribution in [2.75, 3.05) is 5.32 Å². The molecule has 0 atom stereocenters. The average Bonchev–Trinajstić information content (AvgIpc) is 2.90. The van der Waals surface area contributed by atoms with Crippen LogP contribution in [0.4, 0.5) is 10.2 Å². The Morgan fingerprint density at radius 1 is 1.24 bits per heavy atom. The summed E-state index contributed by atoms with van der Waals surface area (Å²) in [5.41, 5.74) is 1.34. The highest BCUT2D eigenvalue weighted by Crippen LogP contribution is 2.11. The molecule has 0 unspecified atom stereocenters. The van der Waals surface area contributed by atoms with Gasteiger partial charge < -0.3 is 10.4 Å². The van der Waals surface area contributed by atoms with Crippen molar-refractivity contribution in [3.8, 4) is 0 Å². The maximum absolute atomic E-state index is 12.8. The molecule has 0 spiro atoms. The van der Waals surface area contributed by atoms with Gasteiger partial charge in [-0.3, -0.25) is 0 Å². The summed E-state index contributed by atoms with van der Waals surface area (Å²) in [4.78, 5) is 15.0. The minimum Gasteiger partial charge on any atom is -0.476 e. The highest BCUT2D eigenvalue weighted by molar-refractivity contribution is 5.86. The summed E-state index contributed by atoms with van der Waals surface area (Å²) in [6.45, 7) is 0.454. The van der Waals surface area contributed by atoms with Crippen molar-refractivity contribution in [2.45, 2.75) is 6.54 Å². The lowest BCUT2D eigenvalue weighted by Gasteiger charge is -2.06. The molecule has 2 aromatic heterocycles. The summed E-state index contributed by atoms with van der Waals surface area (Å²) in [5.74, 6) is -0.874. The van der Waals surface area contributed by atoms with Crippen molar-refractivity contribution in [1.29, 1.82) is 0 Å². The van der Waals surface area contributed by atoms with Gasteiger partial charge in [0.05, 0.1) is 6.20 Å². The smallest absolute Gasteiger partial charge is 0.356 e. The van der Waals surface area contributed by atoms with E-state index in [4.69, 9.17) is 5.11 Å². The van der Waals surface area contributed by atoms with Crippen LogP contribution >= 0.6 is 0 Å². The van der Waals surface area contributed by atoms with Crippen LogP contribution in [0, 0.1) is 5.82 Å². The molecule has 6 nitrogen and oxygen atoms in total. The Balaban J connectivity index is 1.82. The Morgan fingerprint density at radius 3 is 2.71 bits per heavy atom. The fourth-order valence-corrected chi connectivity index (χ4v) is 1.91. The van der Waals surface area contributed by atoms with Crippen molar-refractivity contribution < 1.29 is 14.3 Å². The van der Waals surface area contributed by atoms with Crippen LogP contribution in [0.3, 0.4) is 0 Å². The van der Waals surface area contributed by atoms with E-state index in [1.165, 1.54) is 22.8 Å². The van der Waals surface area contributed by atoms with E-state index >= 15 is 0 Å². The Labute approximate surface area is 118 Å². The van der Waals surface area contributed by atoms with Crippen molar-refractivity contribution >= 4 is 17.4 Å². The minimum atomic E-state index is -1.09. The zero-order valence-electron chi connectivity index (χ0n) is 10.8. The number of imidazole rings is 1. The van der Waals surface area contributed by atoms with Gasteiger partial charge in [-0.05, 0) is 29.8 Å². The van der Waals surface area contributed by atoms with Gasteiger partial charge in [0.25, 0.3) is 0 Å². The number of hydrogen-bond acceptors (Lipinski definition) is 4. The van der Waals surface area contributed by atoms with Crippen LogP contribution in [-0.2, 0) is 6.54 Å². The molecular weight excluding hydrogens is 275 g/mol. The number of anilines is 1. The first-order chi connectivity index (χ1) is 10.1. The lowest BCUT2D eigenvalue weighted by molar-refractivity contribution is 0.0688. The van der Waals surface area contributed by atoms with Gasteiger partial charge in [0.1, 0.15) is 11.6 Å². The van der Waals surface area contributed by atoms with Crippen LogP contribution < -0.4 is 5.32 Å². The lowest BCUT2D eigenvalue weighted by atomic mass is 10.2. The van der Waals surface area contributed by atoms with E-state index in [2.05, 4.69) is 15.4 Å². The van der Waals surface area contributed by atoms with Crippen molar-refractivity contribution in [1.82, 2.24) is 14.6 Å². The summed E-state index contributed by atoms with van der Waals surface area (Å²) in [6, 6.07) is 9.48. The monoisotopic (exact) mass is 286 g/mol. The fourth-order valence-electron chi connectivity index (χ4n) is 1.91. The van der Waals surface area contributed by atoms with Crippen LogP contribution in [0.2, 0.25) is 0 Å². The number of nitrogens with one attached hydrogen (secondary N) is 1. The number of nitrogens with zero attached hydrogens (tertiary/aromatic N) is 3. The second kappa shape index (κ2) is 5.20. The Hall–Kier alpha value is -2.96. The van der Waals surface area contributed by atoms with Gasteiger partial charge >= 0.3 is 5.97 Å². The molecule has 0 saturated heterocycles. The normalized spacial score (nSPS) is 10.7. The zero-order chi connectivity index (χ0) is 14.8. The number of fused-ring (bicyclic) bond motifs is 1. The number of carboxylic acid groups (broad SMARTS) is 1. The van der Waals surface area contributed by atoms with Gasteiger partial charge in [-0.15, -0.1) is 5.10 Å². The first kappa shape index (κ1) is 13.0. The quantitative estimate of drug-likeness (QED) is 0.768. The third-order valence-electron chi connectivity index (χ3n) is 2.97. The molecule has 0 amide bonds. The van der Waals surface area contributed by atoms with Gasteiger partial charge in [0.15, 0.2) is 11.3 Å². The molecule has 0 bridgehead atoms. The Kier molecular flexibility index (Phi) is 3.23. The molecule has 2 heterocycles. The summed E-state index contributed by atoms with van der Waals surface area (Å²) in [5, 5.41) is 16.3. The zero-order valence-corrected chi connectivity index (χ0v) is 10.8. The summed E-state index contributed by atoms with van der Waals surface area (Å²) < 4.78 is 14.1. The molecule has 0 radical (unpaired) electrons. The SMILES string of the molecule is O=C(O)c1cnc2ccc(NCc3ccc(F)cc3)nn12. The number of aromatic carboxylic acids is 1. The lowest BCUT2D eigenvalue weighted by Crippen LogP contribution is -2.08. The van der Waals surface area contributed by atoms with E-state index in [-0.39, 0.29) is 11.5 Å². The molecule has 3 aromatic rings. The van der Waals surface area contributed by atoms with Crippen molar-refractivity contribution in [2.24, 2.45) is 0 Å². The largest absolute Gasteiger partial charge is 0.476 e. The number of carboxylic acids is 1. The first-order valence-corrected chi connectivity index (χ1v) is 6.20. The molecule has 0 fully saturated rings. The number of benzene rings is 1. The topological polar surface area (TPSA) is 79.5 Å². The summed E-state index contributed by atoms with van der Waals surface area (Å²) >= 11 is 0. The summed E-state index contributed by atoms with van der Waals surface area (Å²) in [6.07, 6.45) is 1.26. The van der Waals surface area contributed by atoms with Crippen LogP contribution in [-0.4, -0.2) is 25.7 Å². The van der Waals surface area contributed by atoms with Crippen molar-refractivity contribution in [3.63, 3.8) is 0 Å². The number of halogens is 1. The first-order valence-electron chi connectivity index (χ1n) is 6.20. The highest BCUT2D eigenvalue weighted by atomic mass is 19.1. The van der Waals surface area contributed by atoms with Crippen molar-refractivity contribution in [3.05, 3.63) is 59.7 Å². The molecule has 1 aromatic carbocycles. The molecule has 3 rings (SSSR count). The Bertz CT molecular complexity index is 798. The number of rotatable bonds is 4. The van der Waals surface area contributed by atoms with Crippen LogP contribution in [0.1, 0.15) is 16.1 Å². The van der Waals surface area contributed by atoms with E-state index in [9.17, 15) is 9.18 Å². The molecule has 0 aliphatic carbocycles. The summed E-state index contributed by atoms with van der Waals surface area (Å²) in [7, 11) is 0. The van der Waals surface area contributed by atoms with Gasteiger partial charge in [-0.25, -0.2) is 18.7 Å². The van der Waals surface area contributed by atoms with Gasteiger partial charge in [0, 0.05) is 6.54 Å². The van der Waals surface area contributed by atoms with Gasteiger partial charge in [-0.1, -0.05) is 12.1 Å². The van der Waals surface area contributed by atoms with E-state index in [1.807, 2.05) is 0 Å². The second-order valence-corrected chi connectivity index (χ2v) is 4.42. The maximum Gasteiger partial charge on any atom is 0.356 e. The predicted molar refractivity (Wildman–Crippen MR) is 73.7 cm³/mol. The molecule has 21 heavy (non-hydrogen) atoms. The predicted octanol–water partition coefficient (Wildman–Crippen LogP) is 2.18. The minimum absolute atomic E-state index is 0.00423. The molecule has 2 N–H and O–H groups in total. The molecule has 0 aliphatic heterocycles. The van der Waals surface area contributed by atoms with E-state index in [0.29, 0.717) is 18.0 Å². The number of aromatic nitrogens is 3. The average molecular weight is 286 g/mol. The third-order valence-corrected chi connectivity index (χ3v) is 2.97. The molecule has 0 saturated carbocycles. The van der Waals surface area contributed by atoms with Crippen LogP contribution in [0.25, 0.3) is 5.65 Å². The fraction of sp³-hybridized carbons (Fsp3) is 0.0714. The third kappa shape index (κ3) is 2.66. The highest BCUT2D eigenvalue weighted by Gasteiger charge is 2.11.